The number of nitrogens with zero attached hydrogens (tertiary/aromatic N) is 3. The summed E-state index contributed by atoms with van der Waals surface area (Å²) in [4.78, 5) is 50.6. The molecule has 1 heterocycles. The van der Waals surface area contributed by atoms with Crippen LogP contribution in [0.5, 0.6) is 0 Å². The molecule has 2 fully saturated rings. The predicted octanol–water partition coefficient (Wildman–Crippen LogP) is 4.23. The maximum atomic E-state index is 13.5. The van der Waals surface area contributed by atoms with Crippen molar-refractivity contribution in [2.75, 3.05) is 0 Å². The number of non-ortho nitro benzene ring substituents is 1. The fourth-order valence-electron chi connectivity index (χ4n) is 4.51. The summed E-state index contributed by atoms with van der Waals surface area (Å²) in [7, 11) is 0. The molecule has 2 aromatic rings. The van der Waals surface area contributed by atoms with Crippen molar-refractivity contribution >= 4 is 35.0 Å². The van der Waals surface area contributed by atoms with E-state index >= 15 is 0 Å². The molecule has 0 bridgehead atoms. The number of nitro groups is 1. The summed E-state index contributed by atoms with van der Waals surface area (Å²) < 4.78 is 0. The fourth-order valence-corrected chi connectivity index (χ4v) is 4.63. The third-order valence-electron chi connectivity index (χ3n) is 6.19. The van der Waals surface area contributed by atoms with E-state index in [1.807, 2.05) is 0 Å². The zero-order valence-corrected chi connectivity index (χ0v) is 18.2. The Morgan fingerprint density at radius 3 is 2.50 bits per heavy atom. The molecule has 32 heavy (non-hydrogen) atoms. The van der Waals surface area contributed by atoms with Gasteiger partial charge in [0.1, 0.15) is 0 Å². The normalized spacial score (nSPS) is 22.6. The van der Waals surface area contributed by atoms with Crippen molar-refractivity contribution in [3.05, 3.63) is 74.8 Å². The van der Waals surface area contributed by atoms with Crippen LogP contribution in [0.15, 0.2) is 48.5 Å². The first-order valence-corrected chi connectivity index (χ1v) is 10.8. The number of nitro benzene ring substituents is 1. The van der Waals surface area contributed by atoms with E-state index in [4.69, 9.17) is 11.6 Å². The third-order valence-corrected chi connectivity index (χ3v) is 6.44. The van der Waals surface area contributed by atoms with Crippen LogP contribution in [0.3, 0.4) is 0 Å². The number of rotatable bonds is 5. The molecule has 0 unspecified atom stereocenters. The maximum absolute atomic E-state index is 13.5. The highest BCUT2D eigenvalue weighted by atomic mass is 35.5. The van der Waals surface area contributed by atoms with Gasteiger partial charge in [-0.05, 0) is 48.9 Å². The van der Waals surface area contributed by atoms with Gasteiger partial charge in [-0.2, -0.15) is 5.01 Å². The highest BCUT2D eigenvalue weighted by molar-refractivity contribution is 6.30. The van der Waals surface area contributed by atoms with Gasteiger partial charge < -0.3 is 0 Å². The van der Waals surface area contributed by atoms with Crippen LogP contribution >= 0.6 is 11.6 Å². The average Bonchev–Trinajstić information content (AvgIpc) is 3.02. The van der Waals surface area contributed by atoms with Gasteiger partial charge in [0.05, 0.1) is 23.3 Å². The van der Waals surface area contributed by atoms with Gasteiger partial charge in [-0.15, -0.1) is 0 Å². The van der Waals surface area contributed by atoms with E-state index in [1.165, 1.54) is 18.2 Å². The Bertz CT molecular complexity index is 1090. The van der Waals surface area contributed by atoms with Gasteiger partial charge in [0.15, 0.2) is 0 Å². The monoisotopic (exact) mass is 455 g/mol. The first-order chi connectivity index (χ1) is 15.3. The second kappa shape index (κ2) is 8.70. The lowest BCUT2D eigenvalue weighted by Gasteiger charge is -2.30. The van der Waals surface area contributed by atoms with Gasteiger partial charge in [-0.25, -0.2) is 5.01 Å². The van der Waals surface area contributed by atoms with Gasteiger partial charge in [-0.1, -0.05) is 36.7 Å². The first kappa shape index (κ1) is 22.0. The molecule has 0 radical (unpaired) electrons. The molecule has 1 saturated carbocycles. The number of amides is 3. The molecule has 1 saturated heterocycles. The van der Waals surface area contributed by atoms with Gasteiger partial charge in [0.25, 0.3) is 23.4 Å². The van der Waals surface area contributed by atoms with Crippen LogP contribution < -0.4 is 0 Å². The van der Waals surface area contributed by atoms with Gasteiger partial charge in [0.2, 0.25) is 0 Å². The average molecular weight is 456 g/mol. The Labute approximate surface area is 189 Å². The quantitative estimate of drug-likeness (QED) is 0.381. The molecule has 2 aliphatic rings. The highest BCUT2D eigenvalue weighted by Gasteiger charge is 2.52. The number of halogens is 1. The van der Waals surface area contributed by atoms with Crippen molar-refractivity contribution in [3.8, 4) is 0 Å². The fraction of sp³-hybridized carbons (Fsp3) is 0.348. The highest BCUT2D eigenvalue weighted by Crippen LogP contribution is 2.41. The molecule has 3 amide bonds. The second-order valence-electron chi connectivity index (χ2n) is 8.42. The van der Waals surface area contributed by atoms with Gasteiger partial charge in [0, 0.05) is 22.7 Å². The molecule has 0 N–H and O–H groups in total. The smallest absolute Gasteiger partial charge is 0.272 e. The minimum atomic E-state index is -0.656. The van der Waals surface area contributed by atoms with Crippen molar-refractivity contribution < 1.29 is 19.3 Å². The van der Waals surface area contributed by atoms with Gasteiger partial charge >= 0.3 is 0 Å². The molecule has 9 heteroatoms. The Hall–Kier alpha value is -3.26. The van der Waals surface area contributed by atoms with Crippen LogP contribution in [0, 0.1) is 27.9 Å². The lowest BCUT2D eigenvalue weighted by Crippen LogP contribution is -2.49. The zero-order chi connectivity index (χ0) is 23.0. The zero-order valence-electron chi connectivity index (χ0n) is 17.4. The van der Waals surface area contributed by atoms with Crippen LogP contribution in [0.25, 0.3) is 0 Å². The summed E-state index contributed by atoms with van der Waals surface area (Å²) in [5.41, 5.74) is 0.442. The molecule has 0 spiro atoms. The number of carbonyl (C=O) groups is 3. The SMILES string of the molecule is C[C@@H]1CC[C@H]2C(=O)N(N(Cc3ccc(Cl)cc3)C(=O)c3cccc([N+](=O)[O-])c3)C(=O)[C@@H]2C1. The van der Waals surface area contributed by atoms with E-state index in [-0.39, 0.29) is 29.6 Å². The molecule has 0 aromatic heterocycles. The Balaban J connectivity index is 1.72. The van der Waals surface area contributed by atoms with E-state index < -0.39 is 22.7 Å². The number of hydrazine groups is 1. The van der Waals surface area contributed by atoms with Crippen molar-refractivity contribution in [2.45, 2.75) is 32.7 Å². The number of fused-ring (bicyclic) bond motifs is 1. The number of hydrogen-bond donors (Lipinski definition) is 0. The molecular formula is C23H22ClN3O5. The van der Waals surface area contributed by atoms with Crippen LogP contribution in [-0.4, -0.2) is 32.7 Å². The Kier molecular flexibility index (Phi) is 5.97. The maximum Gasteiger partial charge on any atom is 0.273 e. The number of hydrogen-bond acceptors (Lipinski definition) is 5. The third kappa shape index (κ3) is 4.10. The van der Waals surface area contributed by atoms with Crippen molar-refractivity contribution in [1.29, 1.82) is 0 Å². The van der Waals surface area contributed by atoms with E-state index in [9.17, 15) is 24.5 Å². The van der Waals surface area contributed by atoms with Crippen molar-refractivity contribution in [2.24, 2.45) is 17.8 Å². The Morgan fingerprint density at radius 2 is 1.81 bits per heavy atom. The summed E-state index contributed by atoms with van der Waals surface area (Å²) in [6.07, 6.45) is 2.06. The molecule has 1 aliphatic carbocycles. The topological polar surface area (TPSA) is 101 Å². The van der Waals surface area contributed by atoms with Crippen LogP contribution in [0.2, 0.25) is 5.02 Å². The van der Waals surface area contributed by atoms with Crippen LogP contribution in [-0.2, 0) is 16.1 Å². The molecule has 8 nitrogen and oxygen atoms in total. The molecule has 166 valence electrons. The van der Waals surface area contributed by atoms with E-state index in [1.54, 1.807) is 24.3 Å². The summed E-state index contributed by atoms with van der Waals surface area (Å²) in [5, 5.41) is 13.8. The second-order valence-corrected chi connectivity index (χ2v) is 8.85. The standard InChI is InChI=1S/C23H22ClN3O5/c1-14-5-10-19-20(11-14)23(30)26(22(19)29)25(13-15-6-8-17(24)9-7-15)21(28)16-3-2-4-18(12-16)27(31)32/h2-4,6-9,12,14,19-20H,5,10-11,13H2,1H3/t14-,19-,20-/m1/s1. The number of benzene rings is 2. The molecule has 1 aliphatic heterocycles. The molecular weight excluding hydrogens is 434 g/mol. The summed E-state index contributed by atoms with van der Waals surface area (Å²) >= 11 is 5.96. The molecule has 4 rings (SSSR count). The number of carbonyl (C=O) groups excluding carboxylic acids is 3. The first-order valence-electron chi connectivity index (χ1n) is 10.4. The predicted molar refractivity (Wildman–Crippen MR) is 116 cm³/mol. The van der Waals surface area contributed by atoms with E-state index in [0.29, 0.717) is 29.3 Å². The van der Waals surface area contributed by atoms with Crippen LogP contribution in [0.4, 0.5) is 5.69 Å². The lowest BCUT2D eigenvalue weighted by molar-refractivity contribution is -0.384. The summed E-state index contributed by atoms with van der Waals surface area (Å²) in [5.74, 6) is -2.00. The lowest BCUT2D eigenvalue weighted by atomic mass is 9.76. The van der Waals surface area contributed by atoms with Crippen molar-refractivity contribution in [3.63, 3.8) is 0 Å². The molecule has 3 atom stereocenters. The summed E-state index contributed by atoms with van der Waals surface area (Å²) in [6.45, 7) is 2.00. The van der Waals surface area contributed by atoms with E-state index in [0.717, 1.165) is 22.5 Å². The minimum Gasteiger partial charge on any atom is -0.272 e. The number of imide groups is 1. The molecule has 2 aromatic carbocycles. The summed E-state index contributed by atoms with van der Waals surface area (Å²) in [6, 6.07) is 12.0. The van der Waals surface area contributed by atoms with E-state index in [2.05, 4.69) is 6.92 Å². The Morgan fingerprint density at radius 1 is 1.12 bits per heavy atom. The van der Waals surface area contributed by atoms with Crippen molar-refractivity contribution in [1.82, 2.24) is 10.0 Å². The van der Waals surface area contributed by atoms with Gasteiger partial charge in [-0.3, -0.25) is 24.5 Å². The van der Waals surface area contributed by atoms with Crippen LogP contribution in [0.1, 0.15) is 42.1 Å². The largest absolute Gasteiger partial charge is 0.273 e. The minimum absolute atomic E-state index is 0.0250.